The van der Waals surface area contributed by atoms with Crippen molar-refractivity contribution in [2.45, 2.75) is 45.7 Å². The van der Waals surface area contributed by atoms with Crippen LogP contribution in [0.25, 0.3) is 0 Å². The fourth-order valence-corrected chi connectivity index (χ4v) is 2.59. The van der Waals surface area contributed by atoms with Gasteiger partial charge in [-0.1, -0.05) is 0 Å². The standard InChI is InChI=1S/C12H17NO3/c1-7-6-8-9(10(14)16-7)12(4,5)13(15)11(8,2)3/h6,15H,1-5H3. The Labute approximate surface area is 94.5 Å². The van der Waals surface area contributed by atoms with E-state index in [-0.39, 0.29) is 5.63 Å². The van der Waals surface area contributed by atoms with E-state index >= 15 is 0 Å². The van der Waals surface area contributed by atoms with E-state index in [4.69, 9.17) is 4.42 Å². The molecule has 16 heavy (non-hydrogen) atoms. The molecule has 0 amide bonds. The summed E-state index contributed by atoms with van der Waals surface area (Å²) in [7, 11) is 0. The van der Waals surface area contributed by atoms with Gasteiger partial charge in [0, 0.05) is 0 Å². The highest BCUT2D eigenvalue weighted by Crippen LogP contribution is 2.46. The average Bonchev–Trinajstić information content (AvgIpc) is 2.25. The zero-order valence-electron chi connectivity index (χ0n) is 10.3. The molecule has 0 saturated heterocycles. The van der Waals surface area contributed by atoms with Crippen LogP contribution in [0.2, 0.25) is 0 Å². The molecule has 0 radical (unpaired) electrons. The first-order chi connectivity index (χ1) is 7.19. The molecule has 0 aliphatic carbocycles. The Morgan fingerprint density at radius 1 is 1.25 bits per heavy atom. The quantitative estimate of drug-likeness (QED) is 0.732. The van der Waals surface area contributed by atoms with Crippen molar-refractivity contribution in [1.29, 1.82) is 0 Å². The minimum absolute atomic E-state index is 0.357. The van der Waals surface area contributed by atoms with Crippen LogP contribution in [0.3, 0.4) is 0 Å². The molecular weight excluding hydrogens is 206 g/mol. The molecule has 4 nitrogen and oxygen atoms in total. The molecule has 0 saturated carbocycles. The van der Waals surface area contributed by atoms with E-state index in [0.717, 1.165) is 5.56 Å². The smallest absolute Gasteiger partial charge is 0.341 e. The molecule has 1 aliphatic rings. The number of hydrogen-bond donors (Lipinski definition) is 1. The summed E-state index contributed by atoms with van der Waals surface area (Å²) in [6.07, 6.45) is 0. The number of aryl methyl sites for hydroxylation is 1. The monoisotopic (exact) mass is 223 g/mol. The van der Waals surface area contributed by atoms with Gasteiger partial charge in [0.2, 0.25) is 0 Å². The second-order valence-electron chi connectivity index (χ2n) is 5.36. The van der Waals surface area contributed by atoms with Crippen LogP contribution in [0.15, 0.2) is 15.3 Å². The lowest BCUT2D eigenvalue weighted by molar-refractivity contribution is -0.216. The van der Waals surface area contributed by atoms with Crippen molar-refractivity contribution in [2.75, 3.05) is 0 Å². The van der Waals surface area contributed by atoms with E-state index in [9.17, 15) is 10.0 Å². The zero-order chi connectivity index (χ0) is 12.3. The molecular formula is C12H17NO3. The van der Waals surface area contributed by atoms with Crippen molar-refractivity contribution in [1.82, 2.24) is 5.06 Å². The summed E-state index contributed by atoms with van der Waals surface area (Å²) in [6.45, 7) is 9.14. The van der Waals surface area contributed by atoms with E-state index in [0.29, 0.717) is 11.3 Å². The summed E-state index contributed by atoms with van der Waals surface area (Å²) < 4.78 is 5.10. The van der Waals surface area contributed by atoms with Gasteiger partial charge in [-0.15, -0.1) is 0 Å². The molecule has 1 aliphatic heterocycles. The molecule has 1 N–H and O–H groups in total. The lowest BCUT2D eigenvalue weighted by Crippen LogP contribution is -2.43. The second kappa shape index (κ2) is 2.96. The fraction of sp³-hybridized carbons (Fsp3) is 0.583. The van der Waals surface area contributed by atoms with Crippen LogP contribution in [0.5, 0.6) is 0 Å². The van der Waals surface area contributed by atoms with Crippen molar-refractivity contribution < 1.29 is 9.62 Å². The molecule has 0 atom stereocenters. The molecule has 4 heteroatoms. The van der Waals surface area contributed by atoms with Crippen LogP contribution in [-0.2, 0) is 11.1 Å². The summed E-state index contributed by atoms with van der Waals surface area (Å²) in [5, 5.41) is 11.4. The molecule has 0 bridgehead atoms. The molecule has 88 valence electrons. The van der Waals surface area contributed by atoms with Gasteiger partial charge in [0.15, 0.2) is 0 Å². The van der Waals surface area contributed by atoms with Gasteiger partial charge in [-0.05, 0) is 46.2 Å². The Morgan fingerprint density at radius 3 is 2.38 bits per heavy atom. The number of fused-ring (bicyclic) bond motifs is 1. The molecule has 0 unspecified atom stereocenters. The predicted molar refractivity (Wildman–Crippen MR) is 59.4 cm³/mol. The summed E-state index contributed by atoms with van der Waals surface area (Å²) >= 11 is 0. The van der Waals surface area contributed by atoms with E-state index in [2.05, 4.69) is 0 Å². The van der Waals surface area contributed by atoms with E-state index < -0.39 is 11.1 Å². The maximum atomic E-state index is 11.9. The number of hydrogen-bond acceptors (Lipinski definition) is 4. The number of nitrogens with zero attached hydrogens (tertiary/aromatic N) is 1. The first kappa shape index (κ1) is 11.4. The van der Waals surface area contributed by atoms with Crippen molar-refractivity contribution >= 4 is 0 Å². The van der Waals surface area contributed by atoms with Gasteiger partial charge < -0.3 is 9.62 Å². The van der Waals surface area contributed by atoms with Crippen LogP contribution < -0.4 is 5.63 Å². The third-order valence-electron chi connectivity index (χ3n) is 3.40. The summed E-state index contributed by atoms with van der Waals surface area (Å²) in [6, 6.07) is 1.83. The average molecular weight is 223 g/mol. The van der Waals surface area contributed by atoms with Crippen LogP contribution in [0.4, 0.5) is 0 Å². The minimum Gasteiger partial charge on any atom is -0.428 e. The van der Waals surface area contributed by atoms with Crippen LogP contribution >= 0.6 is 0 Å². The molecule has 1 aromatic heterocycles. The number of hydroxylamine groups is 2. The van der Waals surface area contributed by atoms with Gasteiger partial charge in [-0.3, -0.25) is 0 Å². The summed E-state index contributed by atoms with van der Waals surface area (Å²) in [5.74, 6) is 0.572. The molecule has 2 heterocycles. The SMILES string of the molecule is Cc1cc2c(c(=O)o1)C(C)(C)N(O)C2(C)C. The fourth-order valence-electron chi connectivity index (χ4n) is 2.59. The van der Waals surface area contributed by atoms with Gasteiger partial charge >= 0.3 is 5.63 Å². The predicted octanol–water partition coefficient (Wildman–Crippen LogP) is 2.12. The highest BCUT2D eigenvalue weighted by molar-refractivity contribution is 5.40. The van der Waals surface area contributed by atoms with Gasteiger partial charge in [0.25, 0.3) is 0 Å². The van der Waals surface area contributed by atoms with Crippen molar-refractivity contribution in [3.05, 3.63) is 33.4 Å². The molecule has 1 aromatic rings. The number of rotatable bonds is 0. The van der Waals surface area contributed by atoms with Gasteiger partial charge in [-0.2, -0.15) is 5.06 Å². The van der Waals surface area contributed by atoms with Crippen LogP contribution in [0, 0.1) is 6.92 Å². The van der Waals surface area contributed by atoms with Gasteiger partial charge in [0.05, 0.1) is 16.6 Å². The first-order valence-corrected chi connectivity index (χ1v) is 5.34. The van der Waals surface area contributed by atoms with E-state index in [1.807, 2.05) is 33.8 Å². The van der Waals surface area contributed by atoms with Gasteiger partial charge in [-0.25, -0.2) is 4.79 Å². The van der Waals surface area contributed by atoms with Crippen molar-refractivity contribution in [2.24, 2.45) is 0 Å². The topological polar surface area (TPSA) is 53.7 Å². The highest BCUT2D eigenvalue weighted by Gasteiger charge is 2.51. The van der Waals surface area contributed by atoms with E-state index in [1.54, 1.807) is 6.92 Å². The van der Waals surface area contributed by atoms with Crippen LogP contribution in [0.1, 0.15) is 44.6 Å². The largest absolute Gasteiger partial charge is 0.428 e. The molecule has 0 fully saturated rings. The van der Waals surface area contributed by atoms with Crippen molar-refractivity contribution in [3.63, 3.8) is 0 Å². The Balaban J connectivity index is 2.86. The maximum absolute atomic E-state index is 11.9. The summed E-state index contributed by atoms with van der Waals surface area (Å²) in [5.41, 5.74) is -0.254. The van der Waals surface area contributed by atoms with E-state index in [1.165, 1.54) is 5.06 Å². The zero-order valence-corrected chi connectivity index (χ0v) is 10.3. The van der Waals surface area contributed by atoms with Crippen LogP contribution in [-0.4, -0.2) is 10.3 Å². The molecule has 2 rings (SSSR count). The first-order valence-electron chi connectivity index (χ1n) is 5.34. The Kier molecular flexibility index (Phi) is 2.10. The van der Waals surface area contributed by atoms with Crippen molar-refractivity contribution in [3.8, 4) is 0 Å². The molecule has 0 aromatic carbocycles. The minimum atomic E-state index is -0.715. The third kappa shape index (κ3) is 1.20. The lowest BCUT2D eigenvalue weighted by atomic mass is 9.92. The molecule has 0 spiro atoms. The third-order valence-corrected chi connectivity index (χ3v) is 3.40. The Hall–Kier alpha value is -1.13. The Bertz CT molecular complexity index is 499. The second-order valence-corrected chi connectivity index (χ2v) is 5.36. The normalized spacial score (nSPS) is 22.1. The highest BCUT2D eigenvalue weighted by atomic mass is 16.5. The summed E-state index contributed by atoms with van der Waals surface area (Å²) in [4.78, 5) is 11.9. The maximum Gasteiger partial charge on any atom is 0.341 e. The van der Waals surface area contributed by atoms with Gasteiger partial charge in [0.1, 0.15) is 5.76 Å². The Morgan fingerprint density at radius 2 is 1.81 bits per heavy atom. The lowest BCUT2D eigenvalue weighted by Gasteiger charge is -2.34.